The maximum absolute atomic E-state index is 13.0. The lowest BCUT2D eigenvalue weighted by Gasteiger charge is -2.17. The van der Waals surface area contributed by atoms with E-state index in [0.717, 1.165) is 33.0 Å². The number of nitrogens with zero attached hydrogens (tertiary/aromatic N) is 2. The average molecular weight is 457 g/mol. The fraction of sp³-hybridized carbons (Fsp3) is 0.111. The Bertz CT molecular complexity index is 1460. The molecule has 6 heteroatoms. The minimum atomic E-state index is -0.477. The van der Waals surface area contributed by atoms with Gasteiger partial charge in [0.1, 0.15) is 6.61 Å². The van der Waals surface area contributed by atoms with Crippen molar-refractivity contribution in [3.05, 3.63) is 101 Å². The summed E-state index contributed by atoms with van der Waals surface area (Å²) in [6.07, 6.45) is 1.67. The van der Waals surface area contributed by atoms with E-state index in [1.807, 2.05) is 72.8 Å². The molecule has 0 amide bonds. The first-order chi connectivity index (χ1) is 16.2. The molecule has 5 nitrogen and oxygen atoms in total. The molecular weight excluding hydrogens is 436 g/mol. The summed E-state index contributed by atoms with van der Waals surface area (Å²) in [6, 6.07) is 25.5. The Labute approximate surface area is 196 Å². The molecule has 0 aliphatic heterocycles. The number of hydrogen-bond acceptors (Lipinski definition) is 4. The van der Waals surface area contributed by atoms with Crippen LogP contribution >= 0.6 is 11.6 Å². The molecule has 0 aliphatic carbocycles. The van der Waals surface area contributed by atoms with Crippen LogP contribution in [0.4, 0.5) is 0 Å². The molecule has 5 aromatic rings. The molecule has 0 unspecified atom stereocenters. The van der Waals surface area contributed by atoms with Gasteiger partial charge >= 0.3 is 5.97 Å². The maximum atomic E-state index is 13.0. The van der Waals surface area contributed by atoms with Gasteiger partial charge in [0.25, 0.3) is 0 Å². The van der Waals surface area contributed by atoms with E-state index in [0.29, 0.717) is 17.4 Å². The van der Waals surface area contributed by atoms with Crippen molar-refractivity contribution in [3.63, 3.8) is 0 Å². The SMILES string of the molecule is CCOC(=O)c1c(OCc2ccccc2)c2ccc(-c3cccc(Cl)c3)cc2c2ccnn12. The molecule has 0 bridgehead atoms. The average Bonchev–Trinajstić information content (AvgIpc) is 3.32. The Morgan fingerprint density at radius 2 is 1.76 bits per heavy atom. The molecule has 0 radical (unpaired) electrons. The Morgan fingerprint density at radius 3 is 2.55 bits per heavy atom. The Hall–Kier alpha value is -3.83. The Morgan fingerprint density at radius 1 is 0.939 bits per heavy atom. The van der Waals surface area contributed by atoms with Gasteiger partial charge in [-0.05, 0) is 53.9 Å². The number of pyridine rings is 1. The number of rotatable bonds is 6. The normalized spacial score (nSPS) is 11.1. The van der Waals surface area contributed by atoms with E-state index in [1.54, 1.807) is 17.6 Å². The van der Waals surface area contributed by atoms with Crippen molar-refractivity contribution in [2.45, 2.75) is 13.5 Å². The van der Waals surface area contributed by atoms with E-state index in [1.165, 1.54) is 0 Å². The predicted octanol–water partition coefficient (Wildman–Crippen LogP) is 6.56. The zero-order valence-corrected chi connectivity index (χ0v) is 18.8. The third-order valence-electron chi connectivity index (χ3n) is 5.46. The molecule has 2 aromatic heterocycles. The van der Waals surface area contributed by atoms with E-state index < -0.39 is 5.97 Å². The van der Waals surface area contributed by atoms with E-state index in [9.17, 15) is 4.79 Å². The van der Waals surface area contributed by atoms with E-state index in [4.69, 9.17) is 21.1 Å². The third-order valence-corrected chi connectivity index (χ3v) is 5.70. The zero-order chi connectivity index (χ0) is 22.8. The molecule has 0 spiro atoms. The van der Waals surface area contributed by atoms with Gasteiger partial charge in [-0.2, -0.15) is 5.10 Å². The molecule has 0 saturated heterocycles. The zero-order valence-electron chi connectivity index (χ0n) is 18.0. The second kappa shape index (κ2) is 8.96. The molecule has 164 valence electrons. The predicted molar refractivity (Wildman–Crippen MR) is 130 cm³/mol. The standard InChI is InChI=1S/C27H21ClN2O3/c1-2-32-27(31)25-26(33-17-18-7-4-3-5-8-18)22-12-11-20(19-9-6-10-21(28)15-19)16-23(22)24-13-14-29-30(24)25/h3-16H,2,17H2,1H3. The lowest BCUT2D eigenvalue weighted by molar-refractivity contribution is 0.0511. The summed E-state index contributed by atoms with van der Waals surface area (Å²) < 4.78 is 13.2. The van der Waals surface area contributed by atoms with Crippen molar-refractivity contribution in [3.8, 4) is 16.9 Å². The summed E-state index contributed by atoms with van der Waals surface area (Å²) in [5, 5.41) is 6.82. The summed E-state index contributed by atoms with van der Waals surface area (Å²) in [5.41, 5.74) is 4.07. The lowest BCUT2D eigenvalue weighted by Crippen LogP contribution is -2.14. The lowest BCUT2D eigenvalue weighted by atomic mass is 10.00. The molecule has 33 heavy (non-hydrogen) atoms. The maximum Gasteiger partial charge on any atom is 0.360 e. The van der Waals surface area contributed by atoms with Crippen LogP contribution in [0.15, 0.2) is 85.1 Å². The van der Waals surface area contributed by atoms with Gasteiger partial charge < -0.3 is 9.47 Å². The first-order valence-corrected chi connectivity index (χ1v) is 11.1. The molecule has 0 N–H and O–H groups in total. The summed E-state index contributed by atoms with van der Waals surface area (Å²) in [6.45, 7) is 2.34. The van der Waals surface area contributed by atoms with Gasteiger partial charge in [0.2, 0.25) is 0 Å². The Kier molecular flexibility index (Phi) is 5.71. The van der Waals surface area contributed by atoms with Crippen LogP contribution in [0.3, 0.4) is 0 Å². The van der Waals surface area contributed by atoms with Crippen LogP contribution < -0.4 is 4.74 Å². The van der Waals surface area contributed by atoms with Crippen LogP contribution in [-0.4, -0.2) is 22.2 Å². The minimum absolute atomic E-state index is 0.255. The van der Waals surface area contributed by atoms with Crippen molar-refractivity contribution in [1.82, 2.24) is 9.61 Å². The number of ether oxygens (including phenoxy) is 2. The third kappa shape index (κ3) is 4.03. The van der Waals surface area contributed by atoms with Crippen LogP contribution in [0.2, 0.25) is 5.02 Å². The van der Waals surface area contributed by atoms with Crippen LogP contribution in [0.25, 0.3) is 27.4 Å². The first-order valence-electron chi connectivity index (χ1n) is 10.7. The van der Waals surface area contributed by atoms with Crippen molar-refractivity contribution in [1.29, 1.82) is 0 Å². The highest BCUT2D eigenvalue weighted by molar-refractivity contribution is 6.30. The van der Waals surface area contributed by atoms with Gasteiger partial charge in [0.05, 0.1) is 18.3 Å². The molecule has 2 heterocycles. The van der Waals surface area contributed by atoms with Crippen LogP contribution in [0, 0.1) is 0 Å². The first kappa shape index (κ1) is 21.0. The van der Waals surface area contributed by atoms with Crippen molar-refractivity contribution >= 4 is 33.9 Å². The van der Waals surface area contributed by atoms with E-state index in [2.05, 4.69) is 11.2 Å². The number of benzene rings is 3. The highest BCUT2D eigenvalue weighted by Crippen LogP contribution is 2.37. The summed E-state index contributed by atoms with van der Waals surface area (Å²) in [5.74, 6) is -0.0313. The molecule has 3 aromatic carbocycles. The van der Waals surface area contributed by atoms with Crippen molar-refractivity contribution in [2.24, 2.45) is 0 Å². The van der Waals surface area contributed by atoms with E-state index >= 15 is 0 Å². The highest BCUT2D eigenvalue weighted by Gasteiger charge is 2.24. The number of fused-ring (bicyclic) bond motifs is 3. The van der Waals surface area contributed by atoms with Crippen LogP contribution in [-0.2, 0) is 11.3 Å². The number of carbonyl (C=O) groups is 1. The highest BCUT2D eigenvalue weighted by atomic mass is 35.5. The van der Waals surface area contributed by atoms with Crippen molar-refractivity contribution in [2.75, 3.05) is 6.61 Å². The van der Waals surface area contributed by atoms with Gasteiger partial charge in [-0.15, -0.1) is 0 Å². The molecule has 0 fully saturated rings. The fourth-order valence-electron chi connectivity index (χ4n) is 3.97. The fourth-order valence-corrected chi connectivity index (χ4v) is 4.16. The topological polar surface area (TPSA) is 52.8 Å². The number of aromatic nitrogens is 2. The Balaban J connectivity index is 1.72. The molecule has 0 saturated carbocycles. The molecule has 0 atom stereocenters. The number of halogens is 1. The van der Waals surface area contributed by atoms with Crippen LogP contribution in [0.1, 0.15) is 23.0 Å². The van der Waals surface area contributed by atoms with Gasteiger partial charge in [0, 0.05) is 15.8 Å². The second-order valence-corrected chi connectivity index (χ2v) is 8.01. The van der Waals surface area contributed by atoms with E-state index in [-0.39, 0.29) is 12.3 Å². The van der Waals surface area contributed by atoms with Crippen molar-refractivity contribution < 1.29 is 14.3 Å². The number of carbonyl (C=O) groups excluding carboxylic acids is 1. The second-order valence-electron chi connectivity index (χ2n) is 7.57. The number of esters is 1. The quantitative estimate of drug-likeness (QED) is 0.271. The molecule has 5 rings (SSSR count). The van der Waals surface area contributed by atoms with Gasteiger partial charge in [0.15, 0.2) is 11.4 Å². The van der Waals surface area contributed by atoms with Gasteiger partial charge in [-0.1, -0.05) is 60.1 Å². The van der Waals surface area contributed by atoms with Crippen LogP contribution in [0.5, 0.6) is 5.75 Å². The summed E-state index contributed by atoms with van der Waals surface area (Å²) in [7, 11) is 0. The number of hydrogen-bond donors (Lipinski definition) is 0. The molecule has 0 aliphatic rings. The van der Waals surface area contributed by atoms with Gasteiger partial charge in [-0.3, -0.25) is 0 Å². The minimum Gasteiger partial charge on any atom is -0.486 e. The monoisotopic (exact) mass is 456 g/mol. The van der Waals surface area contributed by atoms with Gasteiger partial charge in [-0.25, -0.2) is 9.31 Å². The largest absolute Gasteiger partial charge is 0.486 e. The molecular formula is C27H21ClN2O3. The summed E-state index contributed by atoms with van der Waals surface area (Å²) in [4.78, 5) is 13.0. The summed E-state index contributed by atoms with van der Waals surface area (Å²) >= 11 is 6.22. The smallest absolute Gasteiger partial charge is 0.360 e.